The Labute approximate surface area is 93.9 Å². The Morgan fingerprint density at radius 3 is 2.60 bits per heavy atom. The van der Waals surface area contributed by atoms with Gasteiger partial charge < -0.3 is 5.11 Å². The van der Waals surface area contributed by atoms with Gasteiger partial charge in [0.1, 0.15) is 4.90 Å². The van der Waals surface area contributed by atoms with Crippen LogP contribution >= 0.6 is 11.6 Å². The van der Waals surface area contributed by atoms with Crippen molar-refractivity contribution in [2.24, 2.45) is 0 Å². The minimum absolute atomic E-state index is 0.0207. The number of nitrogens with one attached hydrogen (secondary N) is 1. The molecular formula is C9H12ClNO3S. The van der Waals surface area contributed by atoms with Gasteiger partial charge >= 0.3 is 0 Å². The Kier molecular flexibility index (Phi) is 4.10. The second-order valence-electron chi connectivity index (χ2n) is 3.13. The van der Waals surface area contributed by atoms with E-state index in [1.807, 2.05) is 0 Å². The summed E-state index contributed by atoms with van der Waals surface area (Å²) in [5.41, 5.74) is 0. The highest BCUT2D eigenvalue weighted by atomic mass is 35.5. The first-order valence-corrected chi connectivity index (χ1v) is 6.22. The van der Waals surface area contributed by atoms with E-state index in [-0.39, 0.29) is 16.5 Å². The monoisotopic (exact) mass is 249 g/mol. The smallest absolute Gasteiger partial charge is 0.242 e. The van der Waals surface area contributed by atoms with Gasteiger partial charge in [-0.3, -0.25) is 0 Å². The van der Waals surface area contributed by atoms with Crippen LogP contribution in [0.2, 0.25) is 5.02 Å². The molecule has 2 N–H and O–H groups in total. The molecule has 0 spiro atoms. The molecular weight excluding hydrogens is 238 g/mol. The number of aliphatic hydroxyl groups excluding tert-OH is 1. The van der Waals surface area contributed by atoms with Crippen molar-refractivity contribution >= 4 is 21.6 Å². The van der Waals surface area contributed by atoms with Crippen LogP contribution in [0.4, 0.5) is 0 Å². The average Bonchev–Trinajstić information content (AvgIpc) is 2.15. The number of rotatable bonds is 4. The Morgan fingerprint density at radius 1 is 1.47 bits per heavy atom. The van der Waals surface area contributed by atoms with Crippen LogP contribution in [0, 0.1) is 0 Å². The molecule has 0 fully saturated rings. The lowest BCUT2D eigenvalue weighted by Crippen LogP contribution is -2.30. The van der Waals surface area contributed by atoms with Gasteiger partial charge in [0.2, 0.25) is 10.0 Å². The fourth-order valence-electron chi connectivity index (χ4n) is 0.971. The normalized spacial score (nSPS) is 13.8. The lowest BCUT2D eigenvalue weighted by Gasteiger charge is -2.09. The molecule has 0 aliphatic rings. The van der Waals surface area contributed by atoms with E-state index in [0.717, 1.165) is 0 Å². The van der Waals surface area contributed by atoms with Gasteiger partial charge in [-0.2, -0.15) is 0 Å². The number of hydrogen-bond donors (Lipinski definition) is 2. The van der Waals surface area contributed by atoms with Crippen molar-refractivity contribution in [1.82, 2.24) is 4.72 Å². The van der Waals surface area contributed by atoms with E-state index in [2.05, 4.69) is 4.72 Å². The number of benzene rings is 1. The van der Waals surface area contributed by atoms with E-state index in [1.54, 1.807) is 12.1 Å². The summed E-state index contributed by atoms with van der Waals surface area (Å²) < 4.78 is 25.6. The molecule has 0 amide bonds. The van der Waals surface area contributed by atoms with Crippen LogP contribution in [-0.2, 0) is 10.0 Å². The molecule has 0 saturated heterocycles. The Hall–Kier alpha value is -0.620. The first-order chi connectivity index (χ1) is 6.93. The van der Waals surface area contributed by atoms with Crippen LogP contribution in [-0.4, -0.2) is 26.2 Å². The van der Waals surface area contributed by atoms with E-state index in [4.69, 9.17) is 16.7 Å². The predicted octanol–water partition coefficient (Wildman–Crippen LogP) is 0.999. The molecule has 0 aliphatic carbocycles. The summed E-state index contributed by atoms with van der Waals surface area (Å²) in [6, 6.07) is 6.14. The summed E-state index contributed by atoms with van der Waals surface area (Å²) in [7, 11) is -3.63. The molecule has 0 aromatic heterocycles. The van der Waals surface area contributed by atoms with Crippen LogP contribution in [0.1, 0.15) is 6.92 Å². The Morgan fingerprint density at radius 2 is 2.07 bits per heavy atom. The molecule has 84 valence electrons. The highest BCUT2D eigenvalue weighted by Crippen LogP contribution is 2.19. The number of sulfonamides is 1. The second-order valence-corrected chi connectivity index (χ2v) is 5.27. The maximum Gasteiger partial charge on any atom is 0.242 e. The zero-order valence-electron chi connectivity index (χ0n) is 8.14. The highest BCUT2D eigenvalue weighted by molar-refractivity contribution is 7.89. The van der Waals surface area contributed by atoms with Gasteiger partial charge in [0.05, 0.1) is 11.1 Å². The minimum Gasteiger partial charge on any atom is -0.392 e. The number of hydrogen-bond acceptors (Lipinski definition) is 3. The largest absolute Gasteiger partial charge is 0.392 e. The molecule has 1 aromatic rings. The van der Waals surface area contributed by atoms with E-state index >= 15 is 0 Å². The lowest BCUT2D eigenvalue weighted by molar-refractivity contribution is 0.198. The molecule has 6 heteroatoms. The molecule has 1 atom stereocenters. The van der Waals surface area contributed by atoms with Gasteiger partial charge in [0.25, 0.3) is 0 Å². The summed E-state index contributed by atoms with van der Waals surface area (Å²) in [6.45, 7) is 1.46. The molecule has 15 heavy (non-hydrogen) atoms. The highest BCUT2D eigenvalue weighted by Gasteiger charge is 2.17. The van der Waals surface area contributed by atoms with Gasteiger partial charge in [0.15, 0.2) is 0 Å². The molecule has 1 rings (SSSR count). The predicted molar refractivity (Wildman–Crippen MR) is 58.3 cm³/mol. The van der Waals surface area contributed by atoms with Crippen molar-refractivity contribution in [1.29, 1.82) is 0 Å². The van der Waals surface area contributed by atoms with Crippen LogP contribution in [0.15, 0.2) is 29.2 Å². The zero-order chi connectivity index (χ0) is 11.5. The minimum atomic E-state index is -3.63. The van der Waals surface area contributed by atoms with Crippen molar-refractivity contribution in [2.75, 3.05) is 6.54 Å². The van der Waals surface area contributed by atoms with Crippen LogP contribution in [0.25, 0.3) is 0 Å². The lowest BCUT2D eigenvalue weighted by atomic mass is 10.4. The average molecular weight is 250 g/mol. The molecule has 1 aromatic carbocycles. The van der Waals surface area contributed by atoms with Crippen LogP contribution < -0.4 is 4.72 Å². The van der Waals surface area contributed by atoms with Crippen molar-refractivity contribution in [3.05, 3.63) is 29.3 Å². The summed E-state index contributed by atoms with van der Waals surface area (Å²) in [5.74, 6) is 0. The Bertz CT molecular complexity index is 431. The van der Waals surface area contributed by atoms with E-state index in [0.29, 0.717) is 0 Å². The molecule has 0 unspecified atom stereocenters. The SMILES string of the molecule is C[C@H](O)CNS(=O)(=O)c1ccccc1Cl. The van der Waals surface area contributed by atoms with Gasteiger partial charge in [-0.05, 0) is 19.1 Å². The van der Waals surface area contributed by atoms with E-state index in [1.165, 1.54) is 19.1 Å². The van der Waals surface area contributed by atoms with Crippen LogP contribution in [0.3, 0.4) is 0 Å². The van der Waals surface area contributed by atoms with E-state index in [9.17, 15) is 8.42 Å². The summed E-state index contributed by atoms with van der Waals surface area (Å²) >= 11 is 5.74. The fourth-order valence-corrected chi connectivity index (χ4v) is 2.61. The van der Waals surface area contributed by atoms with Gasteiger partial charge in [-0.15, -0.1) is 0 Å². The van der Waals surface area contributed by atoms with Crippen molar-refractivity contribution in [3.63, 3.8) is 0 Å². The van der Waals surface area contributed by atoms with E-state index < -0.39 is 16.1 Å². The van der Waals surface area contributed by atoms with Crippen LogP contribution in [0.5, 0.6) is 0 Å². The zero-order valence-corrected chi connectivity index (χ0v) is 9.72. The third-order valence-electron chi connectivity index (χ3n) is 1.69. The van der Waals surface area contributed by atoms with Crippen molar-refractivity contribution in [2.45, 2.75) is 17.9 Å². The molecule has 0 aliphatic heterocycles. The van der Waals surface area contributed by atoms with Gasteiger partial charge in [-0.25, -0.2) is 13.1 Å². The molecule has 0 saturated carbocycles. The van der Waals surface area contributed by atoms with Crippen molar-refractivity contribution in [3.8, 4) is 0 Å². The maximum absolute atomic E-state index is 11.7. The van der Waals surface area contributed by atoms with Crippen molar-refractivity contribution < 1.29 is 13.5 Å². The summed E-state index contributed by atoms with van der Waals surface area (Å²) in [6.07, 6.45) is -0.734. The second kappa shape index (κ2) is 4.94. The maximum atomic E-state index is 11.7. The standard InChI is InChI=1S/C9H12ClNO3S/c1-7(12)6-11-15(13,14)9-5-3-2-4-8(9)10/h2-5,7,11-12H,6H2,1H3/t7-/m0/s1. The molecule has 0 heterocycles. The third kappa shape index (κ3) is 3.46. The first kappa shape index (κ1) is 12.4. The molecule has 0 bridgehead atoms. The third-order valence-corrected chi connectivity index (χ3v) is 3.62. The first-order valence-electron chi connectivity index (χ1n) is 4.36. The molecule has 4 nitrogen and oxygen atoms in total. The fraction of sp³-hybridized carbons (Fsp3) is 0.333. The van der Waals surface area contributed by atoms with Gasteiger partial charge in [-0.1, -0.05) is 23.7 Å². The Balaban J connectivity index is 2.92. The summed E-state index contributed by atoms with van der Waals surface area (Å²) in [5, 5.41) is 9.13. The van der Waals surface area contributed by atoms with Gasteiger partial charge in [0, 0.05) is 6.54 Å². The number of halogens is 1. The topological polar surface area (TPSA) is 66.4 Å². The quantitative estimate of drug-likeness (QED) is 0.837. The number of aliphatic hydroxyl groups is 1. The molecule has 0 radical (unpaired) electrons. The summed E-state index contributed by atoms with van der Waals surface area (Å²) in [4.78, 5) is 0.0207.